The molecular formula is C19H20N4O4S. The number of benzene rings is 1. The Hall–Kier alpha value is -3.20. The number of rotatable bonds is 7. The van der Waals surface area contributed by atoms with Crippen LogP contribution in [-0.4, -0.2) is 33.4 Å². The van der Waals surface area contributed by atoms with Gasteiger partial charge < -0.3 is 9.84 Å². The standard InChI is InChI=1S/C19H20N4O4S/c1-3-13-8-14-18(28-13)20-11-23(19(14)26)10-17(25)22-21-9-12-5-6-15(24)16(7-12)27-4-2/h5-9,11,24H,3-4,10H2,1-2H3,(H,22,25)/b21-9-. The number of hydrogen-bond acceptors (Lipinski definition) is 7. The van der Waals surface area contributed by atoms with Crippen molar-refractivity contribution >= 4 is 33.7 Å². The number of aromatic hydroxyl groups is 1. The molecule has 0 saturated carbocycles. The number of carbonyl (C=O) groups is 1. The van der Waals surface area contributed by atoms with Crippen molar-refractivity contribution in [3.05, 3.63) is 51.4 Å². The van der Waals surface area contributed by atoms with Crippen molar-refractivity contribution < 1.29 is 14.6 Å². The Morgan fingerprint density at radius 2 is 2.21 bits per heavy atom. The summed E-state index contributed by atoms with van der Waals surface area (Å²) in [5.74, 6) is -0.0786. The van der Waals surface area contributed by atoms with Crippen LogP contribution in [0.3, 0.4) is 0 Å². The minimum atomic E-state index is -0.450. The lowest BCUT2D eigenvalue weighted by atomic mass is 10.2. The number of hydrazone groups is 1. The molecule has 0 bridgehead atoms. The summed E-state index contributed by atoms with van der Waals surface area (Å²) in [6.07, 6.45) is 3.63. The van der Waals surface area contributed by atoms with Gasteiger partial charge in [-0.25, -0.2) is 10.4 Å². The van der Waals surface area contributed by atoms with Gasteiger partial charge in [0.15, 0.2) is 11.5 Å². The fraction of sp³-hybridized carbons (Fsp3) is 0.263. The van der Waals surface area contributed by atoms with Gasteiger partial charge in [0.25, 0.3) is 11.5 Å². The number of amides is 1. The van der Waals surface area contributed by atoms with Gasteiger partial charge in [-0.05, 0) is 43.2 Å². The van der Waals surface area contributed by atoms with Gasteiger partial charge in [0, 0.05) is 4.88 Å². The van der Waals surface area contributed by atoms with E-state index in [1.807, 2.05) is 19.9 Å². The number of phenols is 1. The lowest BCUT2D eigenvalue weighted by Gasteiger charge is -2.06. The van der Waals surface area contributed by atoms with Crippen molar-refractivity contribution in [1.82, 2.24) is 15.0 Å². The second-order valence-corrected chi connectivity index (χ2v) is 7.03. The number of nitrogens with zero attached hydrogens (tertiary/aromatic N) is 3. The number of aryl methyl sites for hydroxylation is 1. The third-order valence-corrected chi connectivity index (χ3v) is 5.11. The van der Waals surface area contributed by atoms with Gasteiger partial charge in [-0.1, -0.05) is 6.92 Å². The van der Waals surface area contributed by atoms with Crippen molar-refractivity contribution in [2.45, 2.75) is 26.8 Å². The number of thiophene rings is 1. The van der Waals surface area contributed by atoms with Crippen LogP contribution in [0.15, 0.2) is 40.5 Å². The van der Waals surface area contributed by atoms with Crippen LogP contribution >= 0.6 is 11.3 Å². The maximum Gasteiger partial charge on any atom is 0.262 e. The highest BCUT2D eigenvalue weighted by atomic mass is 32.1. The topological polar surface area (TPSA) is 106 Å². The van der Waals surface area contributed by atoms with E-state index in [0.717, 1.165) is 11.3 Å². The second-order valence-electron chi connectivity index (χ2n) is 5.92. The second kappa shape index (κ2) is 8.66. The molecule has 3 rings (SSSR count). The number of aromatic nitrogens is 2. The van der Waals surface area contributed by atoms with Crippen LogP contribution < -0.4 is 15.7 Å². The third-order valence-electron chi connectivity index (χ3n) is 3.92. The van der Waals surface area contributed by atoms with E-state index in [2.05, 4.69) is 15.5 Å². The number of fused-ring (bicyclic) bond motifs is 1. The van der Waals surface area contributed by atoms with Gasteiger partial charge >= 0.3 is 0 Å². The maximum absolute atomic E-state index is 12.5. The molecule has 146 valence electrons. The van der Waals surface area contributed by atoms with Gasteiger partial charge in [0.1, 0.15) is 11.4 Å². The zero-order chi connectivity index (χ0) is 20.1. The van der Waals surface area contributed by atoms with Gasteiger partial charge in [-0.3, -0.25) is 14.2 Å². The summed E-state index contributed by atoms with van der Waals surface area (Å²) in [4.78, 5) is 30.6. The highest BCUT2D eigenvalue weighted by Crippen LogP contribution is 2.26. The Bertz CT molecular complexity index is 1090. The Labute approximate surface area is 165 Å². The first-order valence-corrected chi connectivity index (χ1v) is 9.59. The molecule has 0 aliphatic heterocycles. The summed E-state index contributed by atoms with van der Waals surface area (Å²) in [7, 11) is 0. The van der Waals surface area contributed by atoms with Crippen LogP contribution in [0.25, 0.3) is 10.2 Å². The Balaban J connectivity index is 1.67. The summed E-state index contributed by atoms with van der Waals surface area (Å²) in [5, 5.41) is 14.1. The molecule has 0 radical (unpaired) electrons. The highest BCUT2D eigenvalue weighted by Gasteiger charge is 2.10. The van der Waals surface area contributed by atoms with E-state index in [1.165, 1.54) is 34.5 Å². The number of carbonyl (C=O) groups excluding carboxylic acids is 1. The fourth-order valence-corrected chi connectivity index (χ4v) is 3.47. The molecule has 8 nitrogen and oxygen atoms in total. The first-order chi connectivity index (χ1) is 13.5. The summed E-state index contributed by atoms with van der Waals surface area (Å²) in [6, 6.07) is 6.55. The molecule has 0 saturated heterocycles. The normalized spacial score (nSPS) is 11.2. The van der Waals surface area contributed by atoms with Crippen LogP contribution in [0, 0.1) is 0 Å². The SMILES string of the molecule is CCOc1cc(/C=N\NC(=O)Cn2cnc3sc(CC)cc3c2=O)ccc1O. The number of hydrogen-bond donors (Lipinski definition) is 2. The molecule has 2 aromatic heterocycles. The van der Waals surface area contributed by atoms with Crippen LogP contribution in [-0.2, 0) is 17.8 Å². The number of ether oxygens (including phenoxy) is 1. The highest BCUT2D eigenvalue weighted by molar-refractivity contribution is 7.18. The maximum atomic E-state index is 12.5. The van der Waals surface area contributed by atoms with Crippen LogP contribution in [0.1, 0.15) is 24.3 Å². The lowest BCUT2D eigenvalue weighted by Crippen LogP contribution is -2.29. The largest absolute Gasteiger partial charge is 0.504 e. The van der Waals surface area contributed by atoms with Crippen LogP contribution in [0.2, 0.25) is 0 Å². The van der Waals surface area contributed by atoms with Crippen molar-refractivity contribution in [3.8, 4) is 11.5 Å². The average molecular weight is 400 g/mol. The van der Waals surface area contributed by atoms with Gasteiger partial charge in [-0.15, -0.1) is 11.3 Å². The first-order valence-electron chi connectivity index (χ1n) is 8.77. The summed E-state index contributed by atoms with van der Waals surface area (Å²) in [5.41, 5.74) is 2.78. The summed E-state index contributed by atoms with van der Waals surface area (Å²) < 4.78 is 6.56. The molecular weight excluding hydrogens is 380 g/mol. The van der Waals surface area contributed by atoms with Crippen LogP contribution in [0.4, 0.5) is 0 Å². The van der Waals surface area contributed by atoms with E-state index in [-0.39, 0.29) is 17.9 Å². The molecule has 3 aromatic rings. The zero-order valence-corrected chi connectivity index (χ0v) is 16.3. The van der Waals surface area contributed by atoms with Gasteiger partial charge in [0.05, 0.1) is 24.5 Å². The Morgan fingerprint density at radius 1 is 1.39 bits per heavy atom. The predicted molar refractivity (Wildman–Crippen MR) is 108 cm³/mol. The van der Waals surface area contributed by atoms with Crippen LogP contribution in [0.5, 0.6) is 11.5 Å². The monoisotopic (exact) mass is 400 g/mol. The molecule has 28 heavy (non-hydrogen) atoms. The third kappa shape index (κ3) is 4.37. The molecule has 0 aliphatic carbocycles. The summed E-state index contributed by atoms with van der Waals surface area (Å²) >= 11 is 1.48. The predicted octanol–water partition coefficient (Wildman–Crippen LogP) is 2.28. The molecule has 0 atom stereocenters. The van der Waals surface area contributed by atoms with Gasteiger partial charge in [-0.2, -0.15) is 5.10 Å². The van der Waals surface area contributed by atoms with E-state index in [4.69, 9.17) is 4.74 Å². The quantitative estimate of drug-likeness (QED) is 0.467. The summed E-state index contributed by atoms with van der Waals surface area (Å²) in [6.45, 7) is 4.06. The number of nitrogens with one attached hydrogen (secondary N) is 1. The fourth-order valence-electron chi connectivity index (χ4n) is 2.55. The zero-order valence-electron chi connectivity index (χ0n) is 15.5. The molecule has 1 amide bonds. The van der Waals surface area contributed by atoms with E-state index in [0.29, 0.717) is 28.1 Å². The average Bonchev–Trinajstić information content (AvgIpc) is 3.11. The van der Waals surface area contributed by atoms with Crippen molar-refractivity contribution in [1.29, 1.82) is 0 Å². The van der Waals surface area contributed by atoms with Crippen molar-refractivity contribution in [2.24, 2.45) is 5.10 Å². The van der Waals surface area contributed by atoms with E-state index in [9.17, 15) is 14.7 Å². The van der Waals surface area contributed by atoms with Crippen molar-refractivity contribution in [3.63, 3.8) is 0 Å². The molecule has 2 heterocycles. The molecule has 1 aromatic carbocycles. The Morgan fingerprint density at radius 3 is 2.96 bits per heavy atom. The molecule has 0 spiro atoms. The minimum absolute atomic E-state index is 0.0324. The molecule has 9 heteroatoms. The molecule has 0 unspecified atom stereocenters. The smallest absolute Gasteiger partial charge is 0.262 e. The molecule has 0 aliphatic rings. The molecule has 2 N–H and O–H groups in total. The van der Waals surface area contributed by atoms with Crippen molar-refractivity contribution in [2.75, 3.05) is 6.61 Å². The number of phenolic OH excluding ortho intramolecular Hbond substituents is 1. The first kappa shape index (κ1) is 19.6. The Kier molecular flexibility index (Phi) is 6.05. The van der Waals surface area contributed by atoms with E-state index >= 15 is 0 Å². The minimum Gasteiger partial charge on any atom is -0.504 e. The van der Waals surface area contributed by atoms with E-state index in [1.54, 1.807) is 12.1 Å². The molecule has 0 fully saturated rings. The van der Waals surface area contributed by atoms with Gasteiger partial charge in [0.2, 0.25) is 0 Å². The lowest BCUT2D eigenvalue weighted by molar-refractivity contribution is -0.121. The van der Waals surface area contributed by atoms with E-state index < -0.39 is 5.91 Å².